The molecule has 2 aromatic heterocycles. The lowest BCUT2D eigenvalue weighted by molar-refractivity contribution is -0.140. The second kappa shape index (κ2) is 9.23. The summed E-state index contributed by atoms with van der Waals surface area (Å²) >= 11 is 5.95. The Labute approximate surface area is 183 Å². The first-order valence-corrected chi connectivity index (χ1v) is 9.94. The van der Waals surface area contributed by atoms with Crippen LogP contribution in [0.2, 0.25) is 5.28 Å². The van der Waals surface area contributed by atoms with E-state index in [1.807, 2.05) is 37.9 Å². The SMILES string of the molecule is COCc1cnc(Cl)nc1N(C)Cc1ccc(-c2nc(C(F)(F)F)cn2C(C)C)cc1. The maximum Gasteiger partial charge on any atom is 0.434 e. The molecule has 0 aliphatic rings. The third-order valence-corrected chi connectivity index (χ3v) is 4.87. The molecule has 0 bridgehead atoms. The van der Waals surface area contributed by atoms with Crippen molar-refractivity contribution in [3.8, 4) is 11.4 Å². The summed E-state index contributed by atoms with van der Waals surface area (Å²) in [6.45, 7) is 4.49. The number of imidazole rings is 1. The van der Waals surface area contributed by atoms with Crippen LogP contribution in [0.15, 0.2) is 36.7 Å². The Balaban J connectivity index is 1.85. The molecule has 0 saturated carbocycles. The smallest absolute Gasteiger partial charge is 0.380 e. The van der Waals surface area contributed by atoms with Gasteiger partial charge in [-0.05, 0) is 31.0 Å². The van der Waals surface area contributed by atoms with Crippen LogP contribution in [0, 0.1) is 0 Å². The number of hydrogen-bond acceptors (Lipinski definition) is 5. The summed E-state index contributed by atoms with van der Waals surface area (Å²) in [6.07, 6.45) is -1.81. The third-order valence-electron chi connectivity index (χ3n) is 4.68. The molecule has 0 amide bonds. The molecule has 166 valence electrons. The molecular weight excluding hydrogens is 431 g/mol. The van der Waals surface area contributed by atoms with Gasteiger partial charge in [0.2, 0.25) is 5.28 Å². The van der Waals surface area contributed by atoms with Crippen LogP contribution in [0.4, 0.5) is 19.0 Å². The van der Waals surface area contributed by atoms with E-state index in [1.54, 1.807) is 25.4 Å². The topological polar surface area (TPSA) is 56.1 Å². The van der Waals surface area contributed by atoms with Gasteiger partial charge in [0.05, 0.1) is 6.61 Å². The molecule has 0 atom stereocenters. The minimum atomic E-state index is -4.49. The lowest BCUT2D eigenvalue weighted by Crippen LogP contribution is -2.20. The van der Waals surface area contributed by atoms with E-state index in [1.165, 1.54) is 4.57 Å². The zero-order chi connectivity index (χ0) is 22.8. The highest BCUT2D eigenvalue weighted by Gasteiger charge is 2.35. The van der Waals surface area contributed by atoms with E-state index in [2.05, 4.69) is 15.0 Å². The normalized spacial score (nSPS) is 11.9. The zero-order valence-corrected chi connectivity index (χ0v) is 18.4. The molecule has 0 N–H and O–H groups in total. The summed E-state index contributed by atoms with van der Waals surface area (Å²) in [4.78, 5) is 14.0. The number of nitrogens with zero attached hydrogens (tertiary/aromatic N) is 5. The van der Waals surface area contributed by atoms with Crippen molar-refractivity contribution in [1.29, 1.82) is 0 Å². The lowest BCUT2D eigenvalue weighted by Gasteiger charge is -2.21. The van der Waals surface area contributed by atoms with Gasteiger partial charge < -0.3 is 14.2 Å². The summed E-state index contributed by atoms with van der Waals surface area (Å²) in [5, 5.41) is 0.137. The monoisotopic (exact) mass is 453 g/mol. The number of aromatic nitrogens is 4. The van der Waals surface area contributed by atoms with Crippen molar-refractivity contribution >= 4 is 17.4 Å². The van der Waals surface area contributed by atoms with Gasteiger partial charge in [0.15, 0.2) is 5.69 Å². The first-order chi connectivity index (χ1) is 14.6. The van der Waals surface area contributed by atoms with Crippen LogP contribution in [0.1, 0.15) is 36.7 Å². The number of hydrogen-bond donors (Lipinski definition) is 0. The number of methoxy groups -OCH3 is 1. The van der Waals surface area contributed by atoms with E-state index >= 15 is 0 Å². The lowest BCUT2D eigenvalue weighted by atomic mass is 10.1. The average molecular weight is 454 g/mol. The quantitative estimate of drug-likeness (QED) is 0.450. The van der Waals surface area contributed by atoms with Gasteiger partial charge in [-0.1, -0.05) is 24.3 Å². The van der Waals surface area contributed by atoms with Crippen molar-refractivity contribution in [2.24, 2.45) is 0 Å². The van der Waals surface area contributed by atoms with Crippen molar-refractivity contribution < 1.29 is 17.9 Å². The molecule has 1 aromatic carbocycles. The van der Waals surface area contributed by atoms with Crippen LogP contribution < -0.4 is 4.90 Å². The van der Waals surface area contributed by atoms with Gasteiger partial charge in [0, 0.05) is 50.3 Å². The van der Waals surface area contributed by atoms with Crippen LogP contribution in [-0.2, 0) is 24.1 Å². The molecule has 0 unspecified atom stereocenters. The predicted molar refractivity (Wildman–Crippen MR) is 113 cm³/mol. The molecule has 0 radical (unpaired) electrons. The summed E-state index contributed by atoms with van der Waals surface area (Å²) in [7, 11) is 3.45. The fraction of sp³-hybridized carbons (Fsp3) is 0.381. The van der Waals surface area contributed by atoms with E-state index in [0.29, 0.717) is 24.5 Å². The molecule has 3 aromatic rings. The van der Waals surface area contributed by atoms with E-state index in [0.717, 1.165) is 17.3 Å². The molecule has 3 rings (SSSR count). The largest absolute Gasteiger partial charge is 0.434 e. The number of ether oxygens (including phenoxy) is 1. The summed E-state index contributed by atoms with van der Waals surface area (Å²) in [6, 6.07) is 7.10. The van der Waals surface area contributed by atoms with Crippen LogP contribution >= 0.6 is 11.6 Å². The molecule has 31 heavy (non-hydrogen) atoms. The molecular formula is C21H23ClF3N5O. The first kappa shape index (κ1) is 23.0. The molecule has 10 heteroatoms. The Morgan fingerprint density at radius 2 is 1.84 bits per heavy atom. The minimum absolute atomic E-state index is 0.137. The van der Waals surface area contributed by atoms with Crippen LogP contribution in [0.5, 0.6) is 0 Å². The van der Waals surface area contributed by atoms with Crippen molar-refractivity contribution in [2.75, 3.05) is 19.1 Å². The zero-order valence-electron chi connectivity index (χ0n) is 17.6. The van der Waals surface area contributed by atoms with Crippen molar-refractivity contribution in [1.82, 2.24) is 19.5 Å². The van der Waals surface area contributed by atoms with E-state index < -0.39 is 11.9 Å². The van der Waals surface area contributed by atoms with Gasteiger partial charge in [-0.25, -0.2) is 15.0 Å². The molecule has 0 fully saturated rings. The first-order valence-electron chi connectivity index (χ1n) is 9.57. The fourth-order valence-electron chi connectivity index (χ4n) is 3.21. The van der Waals surface area contributed by atoms with Crippen molar-refractivity contribution in [2.45, 2.75) is 39.2 Å². The Bertz CT molecular complexity index is 1030. The molecule has 6 nitrogen and oxygen atoms in total. The molecule has 0 saturated heterocycles. The van der Waals surface area contributed by atoms with Gasteiger partial charge in [-0.15, -0.1) is 0 Å². The standard InChI is InChI=1S/C21H23ClF3N5O/c1-13(2)30-11-17(21(23,24)25)27-19(30)15-7-5-14(6-8-15)10-29(3)18-16(12-31-4)9-26-20(22)28-18/h5-9,11,13H,10,12H2,1-4H3. The van der Waals surface area contributed by atoms with E-state index in [4.69, 9.17) is 16.3 Å². The number of alkyl halides is 3. The molecule has 0 spiro atoms. The second-order valence-corrected chi connectivity index (χ2v) is 7.76. The molecule has 0 aliphatic carbocycles. The predicted octanol–water partition coefficient (Wildman–Crippen LogP) is 5.38. The Kier molecular flexibility index (Phi) is 6.86. The Morgan fingerprint density at radius 3 is 2.42 bits per heavy atom. The molecule has 0 aliphatic heterocycles. The highest BCUT2D eigenvalue weighted by Crippen LogP contribution is 2.32. The van der Waals surface area contributed by atoms with E-state index in [-0.39, 0.29) is 17.1 Å². The van der Waals surface area contributed by atoms with Gasteiger partial charge in [0.25, 0.3) is 0 Å². The number of benzene rings is 1. The highest BCUT2D eigenvalue weighted by atomic mass is 35.5. The molecule has 2 heterocycles. The Hall–Kier alpha value is -2.65. The highest BCUT2D eigenvalue weighted by molar-refractivity contribution is 6.28. The third kappa shape index (κ3) is 5.34. The van der Waals surface area contributed by atoms with Gasteiger partial charge >= 0.3 is 6.18 Å². The fourth-order valence-corrected chi connectivity index (χ4v) is 3.34. The minimum Gasteiger partial charge on any atom is -0.380 e. The van der Waals surface area contributed by atoms with Crippen molar-refractivity contribution in [3.63, 3.8) is 0 Å². The summed E-state index contributed by atoms with van der Waals surface area (Å²) in [5.74, 6) is 0.934. The summed E-state index contributed by atoms with van der Waals surface area (Å²) in [5.41, 5.74) is 1.46. The summed E-state index contributed by atoms with van der Waals surface area (Å²) < 4.78 is 46.1. The number of rotatable bonds is 7. The van der Waals surface area contributed by atoms with Crippen molar-refractivity contribution in [3.05, 3.63) is 58.8 Å². The maximum atomic E-state index is 13.1. The van der Waals surface area contributed by atoms with Gasteiger partial charge in [0.1, 0.15) is 11.6 Å². The van der Waals surface area contributed by atoms with Gasteiger partial charge in [-0.2, -0.15) is 13.2 Å². The van der Waals surface area contributed by atoms with Crippen LogP contribution in [0.25, 0.3) is 11.4 Å². The van der Waals surface area contributed by atoms with Crippen LogP contribution in [-0.4, -0.2) is 33.7 Å². The van der Waals surface area contributed by atoms with Gasteiger partial charge in [-0.3, -0.25) is 0 Å². The number of halogens is 4. The van der Waals surface area contributed by atoms with Crippen LogP contribution in [0.3, 0.4) is 0 Å². The second-order valence-electron chi connectivity index (χ2n) is 7.42. The number of anilines is 1. The average Bonchev–Trinajstić information content (AvgIpc) is 3.16. The Morgan fingerprint density at radius 1 is 1.16 bits per heavy atom. The maximum absolute atomic E-state index is 13.1. The van der Waals surface area contributed by atoms with E-state index in [9.17, 15) is 13.2 Å².